The zero-order chi connectivity index (χ0) is 13.4. The topological polar surface area (TPSA) is 58.4 Å². The summed E-state index contributed by atoms with van der Waals surface area (Å²) < 4.78 is 0. The van der Waals surface area contributed by atoms with Gasteiger partial charge in [-0.15, -0.1) is 0 Å². The third-order valence-corrected chi connectivity index (χ3v) is 3.70. The fourth-order valence-corrected chi connectivity index (χ4v) is 2.24. The number of likely N-dealkylation sites (tertiary alicyclic amines) is 1. The molecule has 0 aromatic carbocycles. The fraction of sp³-hybridized carbons (Fsp3) is 0.929. The van der Waals surface area contributed by atoms with Crippen LogP contribution in [0.4, 0.5) is 0 Å². The highest BCUT2D eigenvalue weighted by atomic mass is 16.1. The molecule has 1 amide bonds. The molecule has 1 aliphatic rings. The van der Waals surface area contributed by atoms with E-state index in [0.29, 0.717) is 12.3 Å². The van der Waals surface area contributed by atoms with Crippen molar-refractivity contribution in [2.45, 2.75) is 52.0 Å². The van der Waals surface area contributed by atoms with E-state index < -0.39 is 0 Å². The number of amides is 1. The number of piperidine rings is 1. The molecule has 0 aliphatic carbocycles. The SMILES string of the molecule is CC(C)C(N)CC(=O)NCCCN1CCCCC1. The Labute approximate surface area is 111 Å². The fourth-order valence-electron chi connectivity index (χ4n) is 2.24. The molecule has 0 spiro atoms. The highest BCUT2D eigenvalue weighted by Gasteiger charge is 2.13. The molecule has 1 fully saturated rings. The third-order valence-electron chi connectivity index (χ3n) is 3.70. The van der Waals surface area contributed by atoms with Crippen LogP contribution < -0.4 is 11.1 Å². The van der Waals surface area contributed by atoms with Crippen molar-refractivity contribution in [3.63, 3.8) is 0 Å². The first-order chi connectivity index (χ1) is 8.59. The Morgan fingerprint density at radius 2 is 1.94 bits per heavy atom. The van der Waals surface area contributed by atoms with Crippen LogP contribution >= 0.6 is 0 Å². The van der Waals surface area contributed by atoms with E-state index in [1.54, 1.807) is 0 Å². The molecule has 1 heterocycles. The number of carbonyl (C=O) groups excluding carboxylic acids is 1. The van der Waals surface area contributed by atoms with Gasteiger partial charge in [-0.3, -0.25) is 4.79 Å². The van der Waals surface area contributed by atoms with Gasteiger partial charge in [0.15, 0.2) is 0 Å². The summed E-state index contributed by atoms with van der Waals surface area (Å²) in [5.41, 5.74) is 5.87. The van der Waals surface area contributed by atoms with Crippen LogP contribution in [-0.4, -0.2) is 43.0 Å². The average molecular weight is 255 g/mol. The van der Waals surface area contributed by atoms with Crippen molar-refractivity contribution in [2.24, 2.45) is 11.7 Å². The van der Waals surface area contributed by atoms with E-state index in [9.17, 15) is 4.79 Å². The Bertz CT molecular complexity index is 237. The number of nitrogens with zero attached hydrogens (tertiary/aromatic N) is 1. The molecule has 0 aromatic heterocycles. The summed E-state index contributed by atoms with van der Waals surface area (Å²) in [6.45, 7) is 8.44. The summed E-state index contributed by atoms with van der Waals surface area (Å²) in [6, 6.07) is -0.0212. The smallest absolute Gasteiger partial charge is 0.221 e. The van der Waals surface area contributed by atoms with E-state index in [1.165, 1.54) is 32.4 Å². The minimum Gasteiger partial charge on any atom is -0.356 e. The van der Waals surface area contributed by atoms with Crippen molar-refractivity contribution in [3.05, 3.63) is 0 Å². The Balaban J connectivity index is 2.01. The molecule has 1 atom stereocenters. The molecule has 4 nitrogen and oxygen atoms in total. The van der Waals surface area contributed by atoms with Crippen LogP contribution in [0.15, 0.2) is 0 Å². The van der Waals surface area contributed by atoms with E-state index in [2.05, 4.69) is 10.2 Å². The molecule has 18 heavy (non-hydrogen) atoms. The van der Waals surface area contributed by atoms with Crippen molar-refractivity contribution in [1.82, 2.24) is 10.2 Å². The first-order valence-corrected chi connectivity index (χ1v) is 7.34. The van der Waals surface area contributed by atoms with Gasteiger partial charge in [0, 0.05) is 19.0 Å². The Hall–Kier alpha value is -0.610. The molecule has 0 aromatic rings. The predicted octanol–water partition coefficient (Wildman–Crippen LogP) is 1.35. The highest BCUT2D eigenvalue weighted by molar-refractivity contribution is 5.76. The van der Waals surface area contributed by atoms with Gasteiger partial charge in [-0.1, -0.05) is 20.3 Å². The van der Waals surface area contributed by atoms with Crippen LogP contribution in [0.25, 0.3) is 0 Å². The predicted molar refractivity (Wildman–Crippen MR) is 75.3 cm³/mol. The Morgan fingerprint density at radius 1 is 1.28 bits per heavy atom. The summed E-state index contributed by atoms with van der Waals surface area (Å²) in [5.74, 6) is 0.457. The van der Waals surface area contributed by atoms with Gasteiger partial charge in [0.25, 0.3) is 0 Å². The minimum absolute atomic E-state index is 0.0212. The molecule has 106 valence electrons. The summed E-state index contributed by atoms with van der Waals surface area (Å²) in [7, 11) is 0. The number of hydrogen-bond acceptors (Lipinski definition) is 3. The molecular formula is C14H29N3O. The number of carbonyl (C=O) groups is 1. The van der Waals surface area contributed by atoms with E-state index in [0.717, 1.165) is 19.5 Å². The molecule has 0 bridgehead atoms. The van der Waals surface area contributed by atoms with E-state index in [-0.39, 0.29) is 11.9 Å². The molecule has 1 rings (SSSR count). The second-order valence-electron chi connectivity index (χ2n) is 5.72. The van der Waals surface area contributed by atoms with Crippen LogP contribution in [0.1, 0.15) is 46.0 Å². The maximum atomic E-state index is 11.6. The van der Waals surface area contributed by atoms with Gasteiger partial charge in [-0.05, 0) is 44.8 Å². The number of nitrogens with one attached hydrogen (secondary N) is 1. The van der Waals surface area contributed by atoms with Gasteiger partial charge in [-0.2, -0.15) is 0 Å². The van der Waals surface area contributed by atoms with Crippen LogP contribution in [0.3, 0.4) is 0 Å². The number of rotatable bonds is 7. The third kappa shape index (κ3) is 6.36. The molecular weight excluding hydrogens is 226 g/mol. The van der Waals surface area contributed by atoms with Crippen LogP contribution in [0, 0.1) is 5.92 Å². The monoisotopic (exact) mass is 255 g/mol. The van der Waals surface area contributed by atoms with Crippen molar-refractivity contribution >= 4 is 5.91 Å². The van der Waals surface area contributed by atoms with Gasteiger partial charge in [-0.25, -0.2) is 0 Å². The maximum Gasteiger partial charge on any atom is 0.221 e. The lowest BCUT2D eigenvalue weighted by Gasteiger charge is -2.26. The molecule has 4 heteroatoms. The molecule has 1 aliphatic heterocycles. The lowest BCUT2D eigenvalue weighted by atomic mass is 10.0. The Morgan fingerprint density at radius 3 is 2.56 bits per heavy atom. The van der Waals surface area contributed by atoms with Crippen molar-refractivity contribution in [2.75, 3.05) is 26.2 Å². The van der Waals surface area contributed by atoms with E-state index in [4.69, 9.17) is 5.73 Å². The van der Waals surface area contributed by atoms with Crippen LogP contribution in [0.5, 0.6) is 0 Å². The molecule has 1 unspecified atom stereocenters. The van der Waals surface area contributed by atoms with Crippen LogP contribution in [0.2, 0.25) is 0 Å². The Kier molecular flexibility index (Phi) is 7.28. The zero-order valence-electron chi connectivity index (χ0n) is 12.0. The van der Waals surface area contributed by atoms with Gasteiger partial charge in [0.2, 0.25) is 5.91 Å². The second-order valence-corrected chi connectivity index (χ2v) is 5.72. The highest BCUT2D eigenvalue weighted by Crippen LogP contribution is 2.08. The van der Waals surface area contributed by atoms with Crippen molar-refractivity contribution < 1.29 is 4.79 Å². The average Bonchev–Trinajstić information content (AvgIpc) is 2.35. The lowest BCUT2D eigenvalue weighted by molar-refractivity contribution is -0.121. The van der Waals surface area contributed by atoms with Gasteiger partial charge < -0.3 is 16.0 Å². The zero-order valence-corrected chi connectivity index (χ0v) is 12.0. The molecule has 0 saturated carbocycles. The molecule has 3 N–H and O–H groups in total. The maximum absolute atomic E-state index is 11.6. The first-order valence-electron chi connectivity index (χ1n) is 7.34. The minimum atomic E-state index is -0.0212. The van der Waals surface area contributed by atoms with Crippen molar-refractivity contribution in [1.29, 1.82) is 0 Å². The first kappa shape index (κ1) is 15.4. The van der Waals surface area contributed by atoms with E-state index in [1.807, 2.05) is 13.8 Å². The standard InChI is InChI=1S/C14H29N3O/c1-12(2)13(15)11-14(18)16-7-6-10-17-8-4-3-5-9-17/h12-13H,3-11,15H2,1-2H3,(H,16,18). The van der Waals surface area contributed by atoms with Crippen LogP contribution in [-0.2, 0) is 4.79 Å². The summed E-state index contributed by atoms with van der Waals surface area (Å²) in [5, 5.41) is 2.96. The largest absolute Gasteiger partial charge is 0.356 e. The number of nitrogens with two attached hydrogens (primary N) is 1. The summed E-state index contributed by atoms with van der Waals surface area (Å²) in [4.78, 5) is 14.1. The van der Waals surface area contributed by atoms with Gasteiger partial charge in [0.1, 0.15) is 0 Å². The summed E-state index contributed by atoms with van der Waals surface area (Å²) in [6.07, 6.45) is 5.52. The molecule has 0 radical (unpaired) electrons. The van der Waals surface area contributed by atoms with Gasteiger partial charge >= 0.3 is 0 Å². The normalized spacial score (nSPS) is 18.9. The quantitative estimate of drug-likeness (QED) is 0.675. The van der Waals surface area contributed by atoms with Crippen molar-refractivity contribution in [3.8, 4) is 0 Å². The van der Waals surface area contributed by atoms with E-state index >= 15 is 0 Å². The second kappa shape index (κ2) is 8.48. The number of hydrogen-bond donors (Lipinski definition) is 2. The van der Waals surface area contributed by atoms with Gasteiger partial charge in [0.05, 0.1) is 0 Å². The lowest BCUT2D eigenvalue weighted by Crippen LogP contribution is -2.36. The molecule has 1 saturated heterocycles. The summed E-state index contributed by atoms with van der Waals surface area (Å²) >= 11 is 0.